The zero-order valence-corrected chi connectivity index (χ0v) is 9.31. The fourth-order valence-electron chi connectivity index (χ4n) is 2.27. The lowest BCUT2D eigenvalue weighted by Crippen LogP contribution is -2.20. The summed E-state index contributed by atoms with van der Waals surface area (Å²) in [5, 5.41) is 8.26. The maximum atomic E-state index is 12.9. The van der Waals surface area contributed by atoms with E-state index in [-0.39, 0.29) is 11.9 Å². The lowest BCUT2D eigenvalue weighted by molar-refractivity contribution is 0.541. The summed E-state index contributed by atoms with van der Waals surface area (Å²) in [6, 6.07) is 6.17. The van der Waals surface area contributed by atoms with Crippen molar-refractivity contribution in [2.45, 2.75) is 25.3 Å². The average Bonchev–Trinajstić information content (AvgIpc) is 2.75. The van der Waals surface area contributed by atoms with Gasteiger partial charge in [-0.1, -0.05) is 5.21 Å². The van der Waals surface area contributed by atoms with Crippen LogP contribution in [0.25, 0.3) is 5.69 Å². The Morgan fingerprint density at radius 1 is 1.29 bits per heavy atom. The molecule has 0 amide bonds. The molecule has 1 unspecified atom stereocenters. The maximum absolute atomic E-state index is 12.9. The van der Waals surface area contributed by atoms with E-state index in [4.69, 9.17) is 5.73 Å². The Morgan fingerprint density at radius 2 is 2.06 bits per heavy atom. The smallest absolute Gasteiger partial charge is 0.123 e. The number of fused-ring (bicyclic) bond motifs is 1. The topological polar surface area (TPSA) is 56.7 Å². The number of hydrogen-bond acceptors (Lipinski definition) is 3. The van der Waals surface area contributed by atoms with E-state index in [9.17, 15) is 4.39 Å². The molecule has 0 saturated heterocycles. The molecule has 1 aromatic carbocycles. The van der Waals surface area contributed by atoms with E-state index >= 15 is 0 Å². The number of benzene rings is 1. The lowest BCUT2D eigenvalue weighted by atomic mass is 9.96. The second-order valence-corrected chi connectivity index (χ2v) is 4.31. The first-order chi connectivity index (χ1) is 8.25. The molecule has 88 valence electrons. The van der Waals surface area contributed by atoms with Gasteiger partial charge in [-0.15, -0.1) is 5.10 Å². The van der Waals surface area contributed by atoms with Crippen LogP contribution < -0.4 is 5.73 Å². The van der Waals surface area contributed by atoms with E-state index in [2.05, 4.69) is 10.3 Å². The highest BCUT2D eigenvalue weighted by atomic mass is 19.1. The number of halogens is 1. The molecule has 5 heteroatoms. The number of nitrogens with zero attached hydrogens (tertiary/aromatic N) is 3. The first kappa shape index (κ1) is 10.4. The summed E-state index contributed by atoms with van der Waals surface area (Å²) < 4.78 is 14.6. The second kappa shape index (κ2) is 3.92. The molecule has 0 fully saturated rings. The number of hydrogen-bond donors (Lipinski definition) is 1. The van der Waals surface area contributed by atoms with Crippen molar-refractivity contribution in [1.82, 2.24) is 15.0 Å². The third-order valence-electron chi connectivity index (χ3n) is 3.13. The van der Waals surface area contributed by atoms with Gasteiger partial charge in [-0.05, 0) is 43.5 Å². The van der Waals surface area contributed by atoms with Crippen LogP contribution in [-0.4, -0.2) is 15.0 Å². The third kappa shape index (κ3) is 1.72. The van der Waals surface area contributed by atoms with Gasteiger partial charge < -0.3 is 5.73 Å². The quantitative estimate of drug-likeness (QED) is 0.814. The Labute approximate surface area is 98.2 Å². The molecular formula is C12H13FN4. The summed E-state index contributed by atoms with van der Waals surface area (Å²) in [5.41, 5.74) is 8.81. The van der Waals surface area contributed by atoms with Gasteiger partial charge >= 0.3 is 0 Å². The molecule has 1 aromatic heterocycles. The van der Waals surface area contributed by atoms with Gasteiger partial charge in [0.15, 0.2) is 0 Å². The van der Waals surface area contributed by atoms with Crippen LogP contribution >= 0.6 is 0 Å². The summed E-state index contributed by atoms with van der Waals surface area (Å²) >= 11 is 0. The van der Waals surface area contributed by atoms with Crippen LogP contribution in [0, 0.1) is 5.82 Å². The van der Waals surface area contributed by atoms with Gasteiger partial charge in [0.1, 0.15) is 5.82 Å². The Hall–Kier alpha value is -1.75. The fraction of sp³-hybridized carbons (Fsp3) is 0.333. The van der Waals surface area contributed by atoms with Gasteiger partial charge in [0, 0.05) is 6.04 Å². The van der Waals surface area contributed by atoms with E-state index in [1.165, 1.54) is 12.1 Å². The minimum Gasteiger partial charge on any atom is -0.323 e. The molecule has 2 aromatic rings. The van der Waals surface area contributed by atoms with Gasteiger partial charge in [0.05, 0.1) is 17.1 Å². The first-order valence-corrected chi connectivity index (χ1v) is 5.71. The minimum absolute atomic E-state index is 0.0289. The Bertz CT molecular complexity index is 532. The first-order valence-electron chi connectivity index (χ1n) is 5.71. The van der Waals surface area contributed by atoms with E-state index in [1.54, 1.807) is 16.8 Å². The highest BCUT2D eigenvalue weighted by Crippen LogP contribution is 2.27. The predicted octanol–water partition coefficient (Wildman–Crippen LogP) is 1.74. The molecule has 17 heavy (non-hydrogen) atoms. The third-order valence-corrected chi connectivity index (χ3v) is 3.13. The summed E-state index contributed by atoms with van der Waals surface area (Å²) in [4.78, 5) is 0. The fourth-order valence-corrected chi connectivity index (χ4v) is 2.27. The lowest BCUT2D eigenvalue weighted by Gasteiger charge is -2.19. The molecular weight excluding hydrogens is 219 g/mol. The molecule has 1 aliphatic rings. The van der Waals surface area contributed by atoms with Gasteiger partial charge in [-0.3, -0.25) is 0 Å². The Balaban J connectivity index is 2.09. The number of aromatic nitrogens is 3. The minimum atomic E-state index is -0.257. The SMILES string of the molecule is NC1CCCc2nnn(-c3ccc(F)cc3)c21. The molecule has 0 radical (unpaired) electrons. The summed E-state index contributed by atoms with van der Waals surface area (Å²) in [6.07, 6.45) is 2.92. The largest absolute Gasteiger partial charge is 0.323 e. The number of aryl methyl sites for hydroxylation is 1. The van der Waals surface area contributed by atoms with Crippen molar-refractivity contribution in [3.63, 3.8) is 0 Å². The monoisotopic (exact) mass is 232 g/mol. The Morgan fingerprint density at radius 3 is 2.82 bits per heavy atom. The highest BCUT2D eigenvalue weighted by Gasteiger charge is 2.24. The van der Waals surface area contributed by atoms with E-state index in [0.29, 0.717) is 0 Å². The standard InChI is InChI=1S/C12H13FN4/c13-8-4-6-9(7-5-8)17-12-10(14)2-1-3-11(12)15-16-17/h4-7,10H,1-3,14H2. The van der Waals surface area contributed by atoms with E-state index in [0.717, 1.165) is 36.3 Å². The maximum Gasteiger partial charge on any atom is 0.123 e. The molecule has 1 heterocycles. The van der Waals surface area contributed by atoms with Crippen LogP contribution in [0.5, 0.6) is 0 Å². The van der Waals surface area contributed by atoms with Crippen LogP contribution in [0.3, 0.4) is 0 Å². The van der Waals surface area contributed by atoms with Gasteiger partial charge in [0.2, 0.25) is 0 Å². The number of nitrogens with two attached hydrogens (primary N) is 1. The molecule has 2 N–H and O–H groups in total. The van der Waals surface area contributed by atoms with Crippen LogP contribution in [-0.2, 0) is 6.42 Å². The van der Waals surface area contributed by atoms with Crippen LogP contribution in [0.1, 0.15) is 30.3 Å². The summed E-state index contributed by atoms with van der Waals surface area (Å²) in [7, 11) is 0. The van der Waals surface area contributed by atoms with Crippen LogP contribution in [0.15, 0.2) is 24.3 Å². The molecule has 0 aliphatic heterocycles. The molecule has 1 aliphatic carbocycles. The number of rotatable bonds is 1. The van der Waals surface area contributed by atoms with Crippen molar-refractivity contribution < 1.29 is 4.39 Å². The zero-order valence-electron chi connectivity index (χ0n) is 9.31. The molecule has 3 rings (SSSR count). The molecule has 0 bridgehead atoms. The van der Waals surface area contributed by atoms with Crippen molar-refractivity contribution in [2.24, 2.45) is 5.73 Å². The molecule has 0 saturated carbocycles. The van der Waals surface area contributed by atoms with Gasteiger partial charge in [0.25, 0.3) is 0 Å². The Kier molecular flexibility index (Phi) is 2.40. The normalized spacial score (nSPS) is 19.1. The summed E-state index contributed by atoms with van der Waals surface area (Å²) in [6.45, 7) is 0. The van der Waals surface area contributed by atoms with Crippen molar-refractivity contribution >= 4 is 0 Å². The van der Waals surface area contributed by atoms with Crippen LogP contribution in [0.4, 0.5) is 4.39 Å². The second-order valence-electron chi connectivity index (χ2n) is 4.31. The van der Waals surface area contributed by atoms with Crippen molar-refractivity contribution in [3.8, 4) is 5.69 Å². The van der Waals surface area contributed by atoms with Crippen molar-refractivity contribution in [1.29, 1.82) is 0 Å². The van der Waals surface area contributed by atoms with Crippen LogP contribution in [0.2, 0.25) is 0 Å². The molecule has 0 spiro atoms. The molecule has 1 atom stereocenters. The zero-order chi connectivity index (χ0) is 11.8. The predicted molar refractivity (Wildman–Crippen MR) is 61.2 cm³/mol. The van der Waals surface area contributed by atoms with E-state index < -0.39 is 0 Å². The summed E-state index contributed by atoms with van der Waals surface area (Å²) in [5.74, 6) is -0.257. The average molecular weight is 232 g/mol. The van der Waals surface area contributed by atoms with Crippen molar-refractivity contribution in [2.75, 3.05) is 0 Å². The van der Waals surface area contributed by atoms with Crippen molar-refractivity contribution in [3.05, 3.63) is 41.5 Å². The van der Waals surface area contributed by atoms with Gasteiger partial charge in [-0.25, -0.2) is 9.07 Å². The molecule has 4 nitrogen and oxygen atoms in total. The van der Waals surface area contributed by atoms with Gasteiger partial charge in [-0.2, -0.15) is 0 Å². The van der Waals surface area contributed by atoms with E-state index in [1.807, 2.05) is 0 Å². The highest BCUT2D eigenvalue weighted by molar-refractivity contribution is 5.35.